The van der Waals surface area contributed by atoms with Crippen molar-refractivity contribution in [3.63, 3.8) is 0 Å². The molecule has 0 radical (unpaired) electrons. The van der Waals surface area contributed by atoms with E-state index in [4.69, 9.17) is 0 Å². The number of nitrogens with zero attached hydrogens (tertiary/aromatic N) is 1. The summed E-state index contributed by atoms with van der Waals surface area (Å²) in [6.07, 6.45) is 1.61. The van der Waals surface area contributed by atoms with Crippen LogP contribution in [0.1, 0.15) is 10.5 Å². The molecule has 2 rings (SSSR count). The number of carboxylic acid groups (broad SMARTS) is 1. The van der Waals surface area contributed by atoms with Gasteiger partial charge in [0.2, 0.25) is 0 Å². The Morgan fingerprint density at radius 1 is 1.58 bits per heavy atom. The molecular formula is C8H5N2O2-. The number of nitrogens with one attached hydrogen (secondary N) is 1. The lowest BCUT2D eigenvalue weighted by Gasteiger charge is -1.93. The van der Waals surface area contributed by atoms with Crippen LogP contribution in [-0.2, 0) is 0 Å². The molecule has 2 heterocycles. The average Bonchev–Trinajstić information content (AvgIpc) is 2.46. The van der Waals surface area contributed by atoms with Crippen LogP contribution >= 0.6 is 0 Å². The molecular weight excluding hydrogens is 156 g/mol. The number of carboxylic acids is 1. The number of hydrogen-bond donors (Lipinski definition) is 1. The minimum atomic E-state index is -1.21. The molecule has 0 saturated carbocycles. The van der Waals surface area contributed by atoms with E-state index in [9.17, 15) is 9.90 Å². The van der Waals surface area contributed by atoms with Gasteiger partial charge < -0.3 is 14.9 Å². The van der Waals surface area contributed by atoms with E-state index in [1.54, 1.807) is 18.3 Å². The number of carbonyl (C=O) groups is 1. The fraction of sp³-hybridized carbons (Fsp3) is 0. The number of aromatic carboxylic acids is 1. The van der Waals surface area contributed by atoms with Gasteiger partial charge >= 0.3 is 0 Å². The Bertz CT molecular complexity index is 400. The predicted molar refractivity (Wildman–Crippen MR) is 40.4 cm³/mol. The number of aromatic amines is 1. The highest BCUT2D eigenvalue weighted by atomic mass is 16.4. The van der Waals surface area contributed by atoms with Crippen molar-refractivity contribution in [1.29, 1.82) is 0 Å². The highest BCUT2D eigenvalue weighted by molar-refractivity contribution is 5.90. The minimum absolute atomic E-state index is 0.0590. The third kappa shape index (κ3) is 0.934. The lowest BCUT2D eigenvalue weighted by molar-refractivity contribution is -0.255. The number of hydrogen-bond acceptors (Lipinski definition) is 3. The number of aromatic nitrogens is 2. The Balaban J connectivity index is 2.70. The number of fused-ring (bicyclic) bond motifs is 1. The van der Waals surface area contributed by atoms with E-state index in [2.05, 4.69) is 9.97 Å². The summed E-state index contributed by atoms with van der Waals surface area (Å²) in [5, 5.41) is 10.4. The Morgan fingerprint density at radius 3 is 3.08 bits per heavy atom. The standard InChI is InChI=1S/C8H6N2O2/c11-8(12)7-4-6-5(10-7)2-1-3-9-6/h1-4,10H,(H,11,12)/p-1. The van der Waals surface area contributed by atoms with Gasteiger partial charge in [-0.1, -0.05) is 0 Å². The maximum Gasteiger partial charge on any atom is 0.0885 e. The molecule has 60 valence electrons. The summed E-state index contributed by atoms with van der Waals surface area (Å²) in [5.41, 5.74) is 1.40. The van der Waals surface area contributed by atoms with Gasteiger partial charge in [0.25, 0.3) is 0 Å². The van der Waals surface area contributed by atoms with Gasteiger partial charge in [-0.25, -0.2) is 0 Å². The minimum Gasteiger partial charge on any atom is -0.543 e. The monoisotopic (exact) mass is 161 g/mol. The number of rotatable bonds is 1. The molecule has 12 heavy (non-hydrogen) atoms. The largest absolute Gasteiger partial charge is 0.543 e. The first-order valence-electron chi connectivity index (χ1n) is 3.42. The maximum atomic E-state index is 10.4. The van der Waals surface area contributed by atoms with Crippen LogP contribution in [0, 0.1) is 0 Å². The van der Waals surface area contributed by atoms with Crippen molar-refractivity contribution in [2.24, 2.45) is 0 Å². The zero-order valence-electron chi connectivity index (χ0n) is 6.07. The molecule has 4 nitrogen and oxygen atoms in total. The van der Waals surface area contributed by atoms with Crippen LogP contribution in [0.3, 0.4) is 0 Å². The molecule has 0 saturated heterocycles. The van der Waals surface area contributed by atoms with Gasteiger partial charge in [0.05, 0.1) is 22.7 Å². The summed E-state index contributed by atoms with van der Waals surface area (Å²) in [6, 6.07) is 4.94. The number of carbonyl (C=O) groups excluding carboxylic acids is 1. The Labute approximate surface area is 67.9 Å². The molecule has 0 aromatic carbocycles. The zero-order valence-corrected chi connectivity index (χ0v) is 6.07. The number of pyridine rings is 1. The summed E-state index contributed by atoms with van der Waals surface area (Å²) >= 11 is 0. The van der Waals surface area contributed by atoms with E-state index in [1.807, 2.05) is 0 Å². The van der Waals surface area contributed by atoms with E-state index >= 15 is 0 Å². The van der Waals surface area contributed by atoms with Gasteiger partial charge in [-0.05, 0) is 18.2 Å². The molecule has 4 heteroatoms. The molecule has 0 aliphatic rings. The number of H-pyrrole nitrogens is 1. The van der Waals surface area contributed by atoms with Crippen molar-refractivity contribution < 1.29 is 9.90 Å². The van der Waals surface area contributed by atoms with Crippen molar-refractivity contribution in [3.8, 4) is 0 Å². The second-order valence-electron chi connectivity index (χ2n) is 2.41. The highest BCUT2D eigenvalue weighted by Gasteiger charge is 1.99. The molecule has 0 fully saturated rings. The van der Waals surface area contributed by atoms with E-state index < -0.39 is 5.97 Å². The summed E-state index contributed by atoms with van der Waals surface area (Å²) in [7, 11) is 0. The van der Waals surface area contributed by atoms with E-state index in [1.165, 1.54) is 6.07 Å². The van der Waals surface area contributed by atoms with Gasteiger partial charge in [-0.2, -0.15) is 0 Å². The summed E-state index contributed by atoms with van der Waals surface area (Å²) in [5.74, 6) is -1.21. The molecule has 2 aromatic rings. The van der Waals surface area contributed by atoms with Crippen molar-refractivity contribution in [2.75, 3.05) is 0 Å². The predicted octanol–water partition coefficient (Wildman–Crippen LogP) is -0.0736. The first kappa shape index (κ1) is 6.84. The molecule has 2 aromatic heterocycles. The van der Waals surface area contributed by atoms with Crippen molar-refractivity contribution >= 4 is 17.0 Å². The first-order valence-corrected chi connectivity index (χ1v) is 3.42. The normalized spacial score (nSPS) is 10.3. The van der Waals surface area contributed by atoms with Crippen LogP contribution < -0.4 is 5.11 Å². The second kappa shape index (κ2) is 2.34. The van der Waals surface area contributed by atoms with Crippen molar-refractivity contribution in [3.05, 3.63) is 30.1 Å². The van der Waals surface area contributed by atoms with Gasteiger partial charge in [-0.15, -0.1) is 0 Å². The van der Waals surface area contributed by atoms with Crippen LogP contribution in [0.15, 0.2) is 24.4 Å². The highest BCUT2D eigenvalue weighted by Crippen LogP contribution is 2.10. The zero-order chi connectivity index (χ0) is 8.55. The summed E-state index contributed by atoms with van der Waals surface area (Å²) in [6.45, 7) is 0. The van der Waals surface area contributed by atoms with Crippen LogP contribution in [0.5, 0.6) is 0 Å². The molecule has 0 aliphatic carbocycles. The third-order valence-corrected chi connectivity index (χ3v) is 1.61. The second-order valence-corrected chi connectivity index (χ2v) is 2.41. The van der Waals surface area contributed by atoms with Crippen molar-refractivity contribution in [1.82, 2.24) is 9.97 Å². The van der Waals surface area contributed by atoms with Crippen LogP contribution in [-0.4, -0.2) is 15.9 Å². The lowest BCUT2D eigenvalue weighted by atomic mass is 10.4. The Hall–Kier alpha value is -1.84. The lowest BCUT2D eigenvalue weighted by Crippen LogP contribution is -2.22. The first-order chi connectivity index (χ1) is 5.77. The van der Waals surface area contributed by atoms with Gasteiger partial charge in [0.1, 0.15) is 0 Å². The van der Waals surface area contributed by atoms with E-state index in [0.717, 1.165) is 0 Å². The average molecular weight is 161 g/mol. The molecule has 0 amide bonds. The van der Waals surface area contributed by atoms with Crippen molar-refractivity contribution in [2.45, 2.75) is 0 Å². The van der Waals surface area contributed by atoms with Gasteiger partial charge in [0, 0.05) is 6.20 Å². The fourth-order valence-electron chi connectivity index (χ4n) is 1.07. The third-order valence-electron chi connectivity index (χ3n) is 1.61. The van der Waals surface area contributed by atoms with Crippen LogP contribution in [0.4, 0.5) is 0 Å². The van der Waals surface area contributed by atoms with Gasteiger partial charge in [-0.3, -0.25) is 4.98 Å². The molecule has 0 spiro atoms. The maximum absolute atomic E-state index is 10.4. The molecule has 0 unspecified atom stereocenters. The quantitative estimate of drug-likeness (QED) is 0.636. The smallest absolute Gasteiger partial charge is 0.0885 e. The Kier molecular flexibility index (Phi) is 1.33. The van der Waals surface area contributed by atoms with E-state index in [-0.39, 0.29) is 5.69 Å². The van der Waals surface area contributed by atoms with Gasteiger partial charge in [0.15, 0.2) is 0 Å². The molecule has 0 aliphatic heterocycles. The Morgan fingerprint density at radius 2 is 2.42 bits per heavy atom. The summed E-state index contributed by atoms with van der Waals surface area (Å²) in [4.78, 5) is 17.0. The van der Waals surface area contributed by atoms with Crippen LogP contribution in [0.2, 0.25) is 0 Å². The topological polar surface area (TPSA) is 68.8 Å². The van der Waals surface area contributed by atoms with Crippen LogP contribution in [0.25, 0.3) is 11.0 Å². The molecule has 0 atom stereocenters. The summed E-state index contributed by atoms with van der Waals surface area (Å²) < 4.78 is 0. The molecule has 0 bridgehead atoms. The molecule has 1 N–H and O–H groups in total. The van der Waals surface area contributed by atoms with E-state index in [0.29, 0.717) is 11.0 Å². The SMILES string of the molecule is O=C([O-])c1cc2ncccc2[nH]1. The fourth-order valence-corrected chi connectivity index (χ4v) is 1.07.